The van der Waals surface area contributed by atoms with Crippen molar-refractivity contribution in [1.29, 1.82) is 0 Å². The lowest BCUT2D eigenvalue weighted by molar-refractivity contribution is -0.384. The van der Waals surface area contributed by atoms with E-state index in [0.717, 1.165) is 0 Å². The maximum absolute atomic E-state index is 13.1. The first-order valence-electron chi connectivity index (χ1n) is 11.1. The number of nitrogens with one attached hydrogen (secondary N) is 1. The number of fused-ring (bicyclic) bond motifs is 1. The highest BCUT2D eigenvalue weighted by atomic mass is 32.2. The molecule has 0 bridgehead atoms. The second-order valence-corrected chi connectivity index (χ2v) is 10.4. The Morgan fingerprint density at radius 3 is 2.53 bits per heavy atom. The molecule has 36 heavy (non-hydrogen) atoms. The Morgan fingerprint density at radius 1 is 1.22 bits per heavy atom. The number of β-lactam (4-membered cyclic amide) rings is 1. The van der Waals surface area contributed by atoms with Gasteiger partial charge < -0.3 is 14.5 Å². The maximum Gasteiger partial charge on any atom is 0.441 e. The van der Waals surface area contributed by atoms with Gasteiger partial charge in [0.2, 0.25) is 5.91 Å². The normalized spacial score (nSPS) is 20.8. The number of non-ortho nitro benzene ring substituents is 1. The summed E-state index contributed by atoms with van der Waals surface area (Å²) < 4.78 is 5.05. The number of nitro groups is 1. The van der Waals surface area contributed by atoms with Crippen LogP contribution in [0.2, 0.25) is 0 Å². The minimum atomic E-state index is -0.960. The van der Waals surface area contributed by atoms with E-state index >= 15 is 0 Å². The number of thioether (sulfide) groups is 1. The summed E-state index contributed by atoms with van der Waals surface area (Å²) in [6, 6.07) is 5.66. The molecule has 1 aromatic carbocycles. The van der Waals surface area contributed by atoms with Crippen LogP contribution in [0.25, 0.3) is 0 Å². The quantitative estimate of drug-likeness (QED) is 0.276. The first-order chi connectivity index (χ1) is 16.9. The minimum absolute atomic E-state index is 0.0276. The smallest absolute Gasteiger partial charge is 0.441 e. The Kier molecular flexibility index (Phi) is 6.76. The number of carbonyl (C=O) groups is 4. The van der Waals surface area contributed by atoms with E-state index in [-0.39, 0.29) is 35.0 Å². The third kappa shape index (κ3) is 5.20. The number of amides is 3. The second kappa shape index (κ2) is 9.64. The molecule has 190 valence electrons. The summed E-state index contributed by atoms with van der Waals surface area (Å²) in [7, 11) is 0. The molecule has 2 saturated heterocycles. The average Bonchev–Trinajstić information content (AvgIpc) is 3.16. The predicted molar refractivity (Wildman–Crippen MR) is 128 cm³/mol. The van der Waals surface area contributed by atoms with Gasteiger partial charge in [0.05, 0.1) is 16.7 Å². The molecule has 3 heterocycles. The molecule has 3 amide bonds. The van der Waals surface area contributed by atoms with Crippen LogP contribution in [-0.4, -0.2) is 57.0 Å². The molecule has 1 aromatic rings. The van der Waals surface area contributed by atoms with Gasteiger partial charge in [0, 0.05) is 35.7 Å². The van der Waals surface area contributed by atoms with E-state index in [9.17, 15) is 29.3 Å². The van der Waals surface area contributed by atoms with Crippen LogP contribution in [0.3, 0.4) is 0 Å². The van der Waals surface area contributed by atoms with Crippen molar-refractivity contribution in [1.82, 2.24) is 10.4 Å². The summed E-state index contributed by atoms with van der Waals surface area (Å²) in [5.74, 6) is -1.15. The zero-order chi connectivity index (χ0) is 26.2. The monoisotopic (exact) mass is 516 g/mol. The van der Waals surface area contributed by atoms with E-state index in [2.05, 4.69) is 0 Å². The SMILES string of the molecule is CC(C)(C)OC(=O)NOC(=O)C1=C(/C=C2\CCN(c3ccc([N+](=O)[O-])cc3)C2=O)CSC2CC(=O)N12. The molecule has 0 saturated carbocycles. The number of allylic oxidation sites excluding steroid dienone is 1. The summed E-state index contributed by atoms with van der Waals surface area (Å²) in [5, 5.41) is 10.7. The van der Waals surface area contributed by atoms with Crippen molar-refractivity contribution in [2.24, 2.45) is 0 Å². The van der Waals surface area contributed by atoms with Gasteiger partial charge in [-0.15, -0.1) is 17.2 Å². The van der Waals surface area contributed by atoms with Crippen LogP contribution >= 0.6 is 11.8 Å². The zero-order valence-electron chi connectivity index (χ0n) is 19.8. The van der Waals surface area contributed by atoms with Crippen molar-refractivity contribution in [3.8, 4) is 0 Å². The standard InChI is InChI=1S/C23H24N4O8S/c1-23(2,3)34-22(31)24-35-21(30)19-14(12-36-18-11-17(28)26(18)19)10-13-8-9-25(20(13)29)15-4-6-16(7-5-15)27(32)33/h4-7,10,18H,8-9,11-12H2,1-3H3,(H,24,31)/b13-10+. The molecule has 0 spiro atoms. The van der Waals surface area contributed by atoms with Crippen molar-refractivity contribution in [3.63, 3.8) is 0 Å². The van der Waals surface area contributed by atoms with Gasteiger partial charge in [-0.05, 0) is 51.0 Å². The number of hydrogen-bond acceptors (Lipinski definition) is 9. The van der Waals surface area contributed by atoms with Crippen LogP contribution in [-0.2, 0) is 24.0 Å². The van der Waals surface area contributed by atoms with E-state index in [1.54, 1.807) is 26.8 Å². The summed E-state index contributed by atoms with van der Waals surface area (Å²) in [5.41, 5.74) is 2.39. The van der Waals surface area contributed by atoms with Gasteiger partial charge in [0.15, 0.2) is 0 Å². The van der Waals surface area contributed by atoms with E-state index in [1.807, 2.05) is 5.48 Å². The highest BCUT2D eigenvalue weighted by Gasteiger charge is 2.46. The maximum atomic E-state index is 13.1. The topological polar surface area (TPSA) is 148 Å². The highest BCUT2D eigenvalue weighted by molar-refractivity contribution is 8.00. The van der Waals surface area contributed by atoms with Gasteiger partial charge in [-0.2, -0.15) is 0 Å². The van der Waals surface area contributed by atoms with Crippen LogP contribution in [0.1, 0.15) is 33.6 Å². The van der Waals surface area contributed by atoms with Crippen molar-refractivity contribution in [3.05, 3.63) is 57.3 Å². The molecule has 0 radical (unpaired) electrons. The van der Waals surface area contributed by atoms with Gasteiger partial charge in [0.1, 0.15) is 11.3 Å². The van der Waals surface area contributed by atoms with Gasteiger partial charge in [-0.25, -0.2) is 9.59 Å². The fraction of sp³-hybridized carbons (Fsp3) is 0.391. The Labute approximate surface area is 210 Å². The number of hydrogen-bond donors (Lipinski definition) is 1. The van der Waals surface area contributed by atoms with Gasteiger partial charge in [0.25, 0.3) is 11.6 Å². The number of carbonyl (C=O) groups excluding carboxylic acids is 4. The Balaban J connectivity index is 1.56. The summed E-state index contributed by atoms with van der Waals surface area (Å²) in [6.07, 6.45) is 1.27. The second-order valence-electron chi connectivity index (χ2n) is 9.25. The molecular weight excluding hydrogens is 492 g/mol. The van der Waals surface area contributed by atoms with E-state index in [0.29, 0.717) is 35.6 Å². The van der Waals surface area contributed by atoms with E-state index in [1.165, 1.54) is 45.8 Å². The molecule has 3 aliphatic rings. The third-order valence-corrected chi connectivity index (χ3v) is 6.79. The van der Waals surface area contributed by atoms with Gasteiger partial charge in [-0.1, -0.05) is 0 Å². The summed E-state index contributed by atoms with van der Waals surface area (Å²) >= 11 is 1.46. The first kappa shape index (κ1) is 25.2. The van der Waals surface area contributed by atoms with Crippen LogP contribution in [0.4, 0.5) is 16.2 Å². The Bertz CT molecular complexity index is 1200. The molecule has 1 atom stereocenters. The van der Waals surface area contributed by atoms with Crippen molar-refractivity contribution in [2.75, 3.05) is 17.2 Å². The fourth-order valence-electron chi connectivity index (χ4n) is 3.93. The molecule has 1 N–H and O–H groups in total. The number of nitro benzene ring substituents is 1. The van der Waals surface area contributed by atoms with Crippen LogP contribution in [0.15, 0.2) is 47.2 Å². The molecule has 0 aromatic heterocycles. The van der Waals surface area contributed by atoms with Crippen molar-refractivity contribution < 1.29 is 33.7 Å². The van der Waals surface area contributed by atoms with Crippen LogP contribution in [0, 0.1) is 10.1 Å². The average molecular weight is 517 g/mol. The lowest BCUT2D eigenvalue weighted by Crippen LogP contribution is -2.54. The zero-order valence-corrected chi connectivity index (χ0v) is 20.6. The number of hydroxylamine groups is 1. The fourth-order valence-corrected chi connectivity index (χ4v) is 5.16. The van der Waals surface area contributed by atoms with Gasteiger partial charge in [-0.3, -0.25) is 24.6 Å². The van der Waals surface area contributed by atoms with Crippen molar-refractivity contribution in [2.45, 2.75) is 44.6 Å². The number of benzene rings is 1. The number of ether oxygens (including phenoxy) is 1. The van der Waals surface area contributed by atoms with Crippen LogP contribution in [0.5, 0.6) is 0 Å². The van der Waals surface area contributed by atoms with Crippen molar-refractivity contribution >= 4 is 47.0 Å². The molecular formula is C23H24N4O8S. The molecule has 2 fully saturated rings. The van der Waals surface area contributed by atoms with E-state index < -0.39 is 22.6 Å². The molecule has 12 nitrogen and oxygen atoms in total. The molecule has 13 heteroatoms. The lowest BCUT2D eigenvalue weighted by atomic mass is 10.0. The first-order valence-corrected chi connectivity index (χ1v) is 12.1. The van der Waals surface area contributed by atoms with Gasteiger partial charge >= 0.3 is 12.1 Å². The third-order valence-electron chi connectivity index (χ3n) is 5.55. The Hall–Kier alpha value is -3.87. The van der Waals surface area contributed by atoms with Crippen LogP contribution < -0.4 is 10.4 Å². The predicted octanol–water partition coefficient (Wildman–Crippen LogP) is 2.80. The van der Waals surface area contributed by atoms with E-state index in [4.69, 9.17) is 9.57 Å². The molecule has 0 aliphatic carbocycles. The highest BCUT2D eigenvalue weighted by Crippen LogP contribution is 2.41. The summed E-state index contributed by atoms with van der Waals surface area (Å²) in [6.45, 7) is 5.32. The minimum Gasteiger partial charge on any atom is -0.442 e. The summed E-state index contributed by atoms with van der Waals surface area (Å²) in [4.78, 5) is 68.3. The Morgan fingerprint density at radius 2 is 1.92 bits per heavy atom. The lowest BCUT2D eigenvalue weighted by Gasteiger charge is -2.43. The molecule has 3 aliphatic heterocycles. The number of nitrogens with zero attached hydrogens (tertiary/aromatic N) is 3. The molecule has 4 rings (SSSR count). The molecule has 1 unspecified atom stereocenters. The number of rotatable bonds is 4. The largest absolute Gasteiger partial charge is 0.442 e. The number of anilines is 1.